The number of carbonyl (C=O) groups excluding carboxylic acids is 1. The second kappa shape index (κ2) is 7.95. The van der Waals surface area contributed by atoms with Crippen molar-refractivity contribution in [1.82, 2.24) is 21.2 Å². The Balaban J connectivity index is 1.30. The van der Waals surface area contributed by atoms with E-state index in [9.17, 15) is 4.79 Å². The van der Waals surface area contributed by atoms with E-state index in [1.807, 2.05) is 17.2 Å². The summed E-state index contributed by atoms with van der Waals surface area (Å²) in [5, 5.41) is 3.56. The Bertz CT molecular complexity index is 734. The van der Waals surface area contributed by atoms with Crippen LogP contribution < -0.4 is 21.1 Å². The number of aromatic nitrogens is 1. The molecule has 1 amide bonds. The first-order valence-electron chi connectivity index (χ1n) is 9.29. The molecule has 2 aliphatic heterocycles. The highest BCUT2D eigenvalue weighted by molar-refractivity contribution is 5.95. The first-order chi connectivity index (χ1) is 12.8. The maximum atomic E-state index is 11.8. The molecule has 136 valence electrons. The van der Waals surface area contributed by atoms with Gasteiger partial charge in [0.25, 0.3) is 0 Å². The van der Waals surface area contributed by atoms with Crippen molar-refractivity contribution in [2.45, 2.75) is 25.4 Å². The summed E-state index contributed by atoms with van der Waals surface area (Å²) in [6, 6.07) is 12.7. The molecule has 2 atom stereocenters. The minimum absolute atomic E-state index is 0.235. The molecule has 0 saturated carbocycles. The molecule has 2 saturated heterocycles. The zero-order valence-electron chi connectivity index (χ0n) is 14.8. The Morgan fingerprint density at radius 2 is 2.12 bits per heavy atom. The molecule has 2 unspecified atom stereocenters. The lowest BCUT2D eigenvalue weighted by Crippen LogP contribution is -2.28. The van der Waals surface area contributed by atoms with Crippen LogP contribution in [0.4, 0.5) is 5.69 Å². The molecule has 6 heteroatoms. The van der Waals surface area contributed by atoms with Gasteiger partial charge in [0.15, 0.2) is 0 Å². The predicted molar refractivity (Wildman–Crippen MR) is 101 cm³/mol. The predicted octanol–water partition coefficient (Wildman–Crippen LogP) is 1.76. The lowest BCUT2D eigenvalue weighted by atomic mass is 9.96. The molecule has 1 aromatic carbocycles. The number of pyridine rings is 1. The van der Waals surface area contributed by atoms with Crippen molar-refractivity contribution in [3.05, 3.63) is 59.9 Å². The Kier molecular flexibility index (Phi) is 5.24. The van der Waals surface area contributed by atoms with E-state index in [4.69, 9.17) is 0 Å². The number of anilines is 1. The maximum Gasteiger partial charge on any atom is 0.227 e. The minimum Gasteiger partial charge on any atom is -0.312 e. The van der Waals surface area contributed by atoms with Crippen LogP contribution in [-0.2, 0) is 11.3 Å². The quantitative estimate of drug-likeness (QED) is 0.740. The van der Waals surface area contributed by atoms with E-state index >= 15 is 0 Å². The lowest BCUT2D eigenvalue weighted by Gasteiger charge is -2.19. The highest BCUT2D eigenvalue weighted by Gasteiger charge is 2.27. The number of nitrogens with zero attached hydrogens (tertiary/aromatic N) is 2. The fourth-order valence-electron chi connectivity index (χ4n) is 3.76. The Morgan fingerprint density at radius 3 is 2.85 bits per heavy atom. The maximum absolute atomic E-state index is 11.8. The smallest absolute Gasteiger partial charge is 0.227 e. The van der Waals surface area contributed by atoms with Crippen molar-refractivity contribution in [3.63, 3.8) is 0 Å². The molecule has 3 N–H and O–H groups in total. The van der Waals surface area contributed by atoms with Crippen LogP contribution in [0, 0.1) is 5.92 Å². The Hall–Kier alpha value is -2.28. The van der Waals surface area contributed by atoms with Gasteiger partial charge in [-0.15, -0.1) is 0 Å². The van der Waals surface area contributed by atoms with Crippen LogP contribution in [0.3, 0.4) is 0 Å². The Morgan fingerprint density at radius 1 is 1.23 bits per heavy atom. The van der Waals surface area contributed by atoms with Crippen LogP contribution in [0.5, 0.6) is 0 Å². The number of rotatable bonds is 6. The highest BCUT2D eigenvalue weighted by Crippen LogP contribution is 2.24. The van der Waals surface area contributed by atoms with Gasteiger partial charge in [0.05, 0.1) is 6.04 Å². The fraction of sp³-hybridized carbons (Fsp3) is 0.400. The topological polar surface area (TPSA) is 69.3 Å². The third kappa shape index (κ3) is 3.77. The number of amides is 1. The molecule has 4 rings (SSSR count). The van der Waals surface area contributed by atoms with Crippen molar-refractivity contribution < 1.29 is 4.79 Å². The van der Waals surface area contributed by atoms with Crippen molar-refractivity contribution in [2.24, 2.45) is 5.92 Å². The van der Waals surface area contributed by atoms with Gasteiger partial charge in [0.2, 0.25) is 5.91 Å². The van der Waals surface area contributed by atoms with E-state index in [0.717, 1.165) is 38.3 Å². The molecule has 2 fully saturated rings. The van der Waals surface area contributed by atoms with Crippen LogP contribution in [0.2, 0.25) is 0 Å². The van der Waals surface area contributed by atoms with Gasteiger partial charge in [-0.1, -0.05) is 18.2 Å². The van der Waals surface area contributed by atoms with Crippen molar-refractivity contribution >= 4 is 11.6 Å². The van der Waals surface area contributed by atoms with Crippen LogP contribution in [0.1, 0.15) is 30.0 Å². The summed E-state index contributed by atoms with van der Waals surface area (Å²) in [7, 11) is 0. The summed E-state index contributed by atoms with van der Waals surface area (Å²) >= 11 is 0. The normalized spacial score (nSPS) is 22.9. The molecule has 0 aliphatic carbocycles. The zero-order valence-corrected chi connectivity index (χ0v) is 14.8. The molecule has 3 heterocycles. The summed E-state index contributed by atoms with van der Waals surface area (Å²) in [6.45, 7) is 3.52. The van der Waals surface area contributed by atoms with Gasteiger partial charge >= 0.3 is 0 Å². The van der Waals surface area contributed by atoms with Crippen molar-refractivity contribution in [1.29, 1.82) is 0 Å². The second-order valence-corrected chi connectivity index (χ2v) is 7.00. The first-order valence-corrected chi connectivity index (χ1v) is 9.29. The van der Waals surface area contributed by atoms with Crippen molar-refractivity contribution in [3.8, 4) is 0 Å². The van der Waals surface area contributed by atoms with Gasteiger partial charge in [-0.05, 0) is 35.7 Å². The third-order valence-corrected chi connectivity index (χ3v) is 5.19. The fourth-order valence-corrected chi connectivity index (χ4v) is 3.76. The van der Waals surface area contributed by atoms with E-state index in [1.54, 1.807) is 6.20 Å². The monoisotopic (exact) mass is 351 g/mol. The number of hydrazine groups is 1. The molecule has 1 aromatic heterocycles. The molecule has 0 bridgehead atoms. The van der Waals surface area contributed by atoms with Crippen LogP contribution in [0.15, 0.2) is 48.8 Å². The number of hydrogen-bond acceptors (Lipinski definition) is 5. The lowest BCUT2D eigenvalue weighted by molar-refractivity contribution is -0.117. The van der Waals surface area contributed by atoms with E-state index in [2.05, 4.69) is 51.5 Å². The first kappa shape index (κ1) is 17.1. The summed E-state index contributed by atoms with van der Waals surface area (Å²) in [5.74, 6) is 0.708. The standard InChI is InChI=1S/C20H25N5O/c26-19-4-2-10-25(19)18-7-5-15(6-8-18)11-22-13-17-14-23-24-20(17)16-3-1-9-21-12-16/h1,3,5-9,12,17,20,22-24H,2,4,10-11,13-14H2. The van der Waals surface area contributed by atoms with Gasteiger partial charge in [-0.3, -0.25) is 15.2 Å². The number of nitrogens with one attached hydrogen (secondary N) is 3. The molecule has 6 nitrogen and oxygen atoms in total. The molecule has 0 spiro atoms. The van der Waals surface area contributed by atoms with Gasteiger partial charge < -0.3 is 10.2 Å². The van der Waals surface area contributed by atoms with E-state index in [-0.39, 0.29) is 11.9 Å². The van der Waals surface area contributed by atoms with E-state index < -0.39 is 0 Å². The SMILES string of the molecule is O=C1CCCN1c1ccc(CNCC2CNNC2c2cccnc2)cc1. The average Bonchev–Trinajstić information content (AvgIpc) is 3.32. The second-order valence-electron chi connectivity index (χ2n) is 7.00. The van der Waals surface area contributed by atoms with E-state index in [0.29, 0.717) is 12.3 Å². The van der Waals surface area contributed by atoms with Crippen molar-refractivity contribution in [2.75, 3.05) is 24.5 Å². The summed E-state index contributed by atoms with van der Waals surface area (Å²) in [4.78, 5) is 17.9. The third-order valence-electron chi connectivity index (χ3n) is 5.19. The van der Waals surface area contributed by atoms with Crippen LogP contribution in [-0.4, -0.2) is 30.5 Å². The molecular formula is C20H25N5O. The van der Waals surface area contributed by atoms with Gasteiger partial charge in [-0.25, -0.2) is 5.43 Å². The van der Waals surface area contributed by atoms with Gasteiger partial charge in [0.1, 0.15) is 0 Å². The van der Waals surface area contributed by atoms with Crippen LogP contribution in [0.25, 0.3) is 0 Å². The molecular weight excluding hydrogens is 326 g/mol. The molecule has 2 aliphatic rings. The van der Waals surface area contributed by atoms with E-state index in [1.165, 1.54) is 11.1 Å². The van der Waals surface area contributed by atoms with Gasteiger partial charge in [-0.2, -0.15) is 0 Å². The Labute approximate surface area is 154 Å². The average molecular weight is 351 g/mol. The molecule has 0 radical (unpaired) electrons. The van der Waals surface area contributed by atoms with Crippen LogP contribution >= 0.6 is 0 Å². The summed E-state index contributed by atoms with van der Waals surface area (Å²) in [5.41, 5.74) is 10.1. The zero-order chi connectivity index (χ0) is 17.8. The largest absolute Gasteiger partial charge is 0.312 e. The number of hydrogen-bond donors (Lipinski definition) is 3. The summed E-state index contributed by atoms with van der Waals surface area (Å²) in [6.07, 6.45) is 5.36. The number of benzene rings is 1. The summed E-state index contributed by atoms with van der Waals surface area (Å²) < 4.78 is 0. The van der Waals surface area contributed by atoms with Gasteiger partial charge in [0, 0.05) is 56.6 Å². The molecule has 26 heavy (non-hydrogen) atoms. The minimum atomic E-state index is 0.235. The highest BCUT2D eigenvalue weighted by atomic mass is 16.2. The molecule has 2 aromatic rings. The number of carbonyl (C=O) groups is 1.